The number of carbonyl (C=O) groups is 2. The van der Waals surface area contributed by atoms with Crippen molar-refractivity contribution in [2.45, 2.75) is 58.1 Å². The highest BCUT2D eigenvalue weighted by molar-refractivity contribution is 7.93. The first-order valence-electron chi connectivity index (χ1n) is 10.9. The predicted octanol–water partition coefficient (Wildman–Crippen LogP) is 2.17. The summed E-state index contributed by atoms with van der Waals surface area (Å²) in [4.78, 5) is 29.4. The van der Waals surface area contributed by atoms with Crippen LogP contribution in [0, 0.1) is 19.3 Å². The Labute approximate surface area is 183 Å². The number of aryl methyl sites for hydroxylation is 2. The van der Waals surface area contributed by atoms with E-state index in [2.05, 4.69) is 14.7 Å². The minimum Gasteiger partial charge on any atom is -0.379 e. The molecule has 3 aliphatic rings. The Hall–Kier alpha value is -1.84. The van der Waals surface area contributed by atoms with Crippen LogP contribution in [0.15, 0.2) is 16.5 Å². The van der Waals surface area contributed by atoms with E-state index >= 15 is 0 Å². The maximum absolute atomic E-state index is 13.3. The number of pyridine rings is 1. The highest BCUT2D eigenvalue weighted by Gasteiger charge is 2.45. The number of nitrogens with zero attached hydrogens (tertiary/aromatic N) is 2. The average molecular weight is 450 g/mol. The fourth-order valence-corrected chi connectivity index (χ4v) is 6.72. The van der Waals surface area contributed by atoms with Gasteiger partial charge in [-0.1, -0.05) is 0 Å². The van der Waals surface area contributed by atoms with Crippen LogP contribution in [0.25, 0.3) is 0 Å². The van der Waals surface area contributed by atoms with Crippen LogP contribution in [0.1, 0.15) is 54.4 Å². The number of ether oxygens (including phenoxy) is 2. The van der Waals surface area contributed by atoms with Crippen molar-refractivity contribution in [2.75, 3.05) is 31.3 Å². The molecule has 1 spiro atoms. The van der Waals surface area contributed by atoms with Gasteiger partial charge >= 0.3 is 5.91 Å². The molecule has 3 fully saturated rings. The molecule has 0 saturated carbocycles. The van der Waals surface area contributed by atoms with E-state index in [0.717, 1.165) is 17.7 Å². The van der Waals surface area contributed by atoms with Crippen LogP contribution < -0.4 is 5.32 Å². The van der Waals surface area contributed by atoms with Crippen LogP contribution in [0.5, 0.6) is 0 Å². The first kappa shape index (κ1) is 22.4. The molecule has 9 heteroatoms. The Morgan fingerprint density at radius 1 is 1.23 bits per heavy atom. The summed E-state index contributed by atoms with van der Waals surface area (Å²) in [6.07, 6.45) is 2.59. The van der Waals surface area contributed by atoms with Crippen molar-refractivity contribution in [2.24, 2.45) is 9.78 Å². The van der Waals surface area contributed by atoms with Gasteiger partial charge in [0, 0.05) is 29.8 Å². The molecule has 3 saturated heterocycles. The third-order valence-corrected chi connectivity index (χ3v) is 8.72. The Bertz CT molecular complexity index is 976. The van der Waals surface area contributed by atoms with Crippen molar-refractivity contribution in [1.29, 1.82) is 0 Å². The SMILES string of the molecule is Cc1cc(C)nc(C(=O)N=S2(=O)CCC3(CC2)CC(NC(=O)C2(C)COC2)CCO3)c1. The predicted molar refractivity (Wildman–Crippen MR) is 116 cm³/mol. The van der Waals surface area contributed by atoms with Gasteiger partial charge in [0.25, 0.3) is 0 Å². The van der Waals surface area contributed by atoms with Gasteiger partial charge in [0.2, 0.25) is 5.91 Å². The van der Waals surface area contributed by atoms with Gasteiger partial charge < -0.3 is 14.8 Å². The van der Waals surface area contributed by atoms with E-state index in [4.69, 9.17) is 9.47 Å². The fraction of sp³-hybridized carbons (Fsp3) is 0.682. The summed E-state index contributed by atoms with van der Waals surface area (Å²) in [5.41, 5.74) is 1.06. The van der Waals surface area contributed by atoms with Gasteiger partial charge in [-0.25, -0.2) is 9.19 Å². The summed E-state index contributed by atoms with van der Waals surface area (Å²) in [6.45, 7) is 7.10. The summed E-state index contributed by atoms with van der Waals surface area (Å²) < 4.78 is 28.7. The number of hydrogen-bond donors (Lipinski definition) is 1. The first-order valence-corrected chi connectivity index (χ1v) is 12.7. The molecule has 1 atom stereocenters. The van der Waals surface area contributed by atoms with E-state index in [1.54, 1.807) is 6.07 Å². The summed E-state index contributed by atoms with van der Waals surface area (Å²) in [6, 6.07) is 3.59. The molecule has 1 N–H and O–H groups in total. The second-order valence-corrected chi connectivity index (χ2v) is 12.0. The van der Waals surface area contributed by atoms with Crippen LogP contribution in [0.3, 0.4) is 0 Å². The highest BCUT2D eigenvalue weighted by Crippen LogP contribution is 2.37. The molecule has 1 aromatic rings. The molecule has 170 valence electrons. The molecule has 4 heterocycles. The lowest BCUT2D eigenvalue weighted by Gasteiger charge is -2.45. The van der Waals surface area contributed by atoms with Gasteiger partial charge in [0.1, 0.15) is 5.69 Å². The molecule has 8 nitrogen and oxygen atoms in total. The zero-order valence-corrected chi connectivity index (χ0v) is 19.3. The number of carbonyl (C=O) groups excluding carboxylic acids is 2. The van der Waals surface area contributed by atoms with Crippen molar-refractivity contribution >= 4 is 21.5 Å². The van der Waals surface area contributed by atoms with E-state index in [1.165, 1.54) is 0 Å². The molecule has 0 aromatic carbocycles. The lowest BCUT2D eigenvalue weighted by Crippen LogP contribution is -2.57. The molecule has 1 unspecified atom stereocenters. The van der Waals surface area contributed by atoms with E-state index in [0.29, 0.717) is 50.6 Å². The molecule has 2 amide bonds. The Morgan fingerprint density at radius 3 is 2.55 bits per heavy atom. The lowest BCUT2D eigenvalue weighted by atomic mass is 9.83. The zero-order valence-electron chi connectivity index (χ0n) is 18.4. The molecule has 0 radical (unpaired) electrons. The summed E-state index contributed by atoms with van der Waals surface area (Å²) >= 11 is 0. The Morgan fingerprint density at radius 2 is 1.94 bits per heavy atom. The van der Waals surface area contributed by atoms with Crippen LogP contribution >= 0.6 is 0 Å². The second kappa shape index (κ2) is 8.26. The monoisotopic (exact) mass is 449 g/mol. The third kappa shape index (κ3) is 4.83. The van der Waals surface area contributed by atoms with Crippen molar-refractivity contribution in [3.63, 3.8) is 0 Å². The van der Waals surface area contributed by atoms with E-state index < -0.39 is 26.7 Å². The van der Waals surface area contributed by atoms with Crippen molar-refractivity contribution in [3.05, 3.63) is 29.1 Å². The van der Waals surface area contributed by atoms with Crippen LogP contribution in [0.4, 0.5) is 0 Å². The molecular weight excluding hydrogens is 418 g/mol. The maximum Gasteiger partial charge on any atom is 0.303 e. The van der Waals surface area contributed by atoms with Gasteiger partial charge in [-0.3, -0.25) is 9.59 Å². The average Bonchev–Trinajstić information content (AvgIpc) is 2.68. The maximum atomic E-state index is 13.3. The topological polar surface area (TPSA) is 107 Å². The number of hydrogen-bond acceptors (Lipinski definition) is 6. The second-order valence-electron chi connectivity index (χ2n) is 9.50. The Balaban J connectivity index is 1.40. The quantitative estimate of drug-likeness (QED) is 0.758. The number of nitrogens with one attached hydrogen (secondary N) is 1. The third-order valence-electron chi connectivity index (χ3n) is 6.54. The fourth-order valence-electron chi connectivity index (χ4n) is 4.56. The molecule has 0 bridgehead atoms. The standard InChI is InChI=1S/C22H31N3O5S/c1-15-10-16(2)23-18(11-15)19(26)25-31(28)8-5-22(6-9-31)12-17(4-7-30-22)24-20(27)21(3)13-29-14-21/h10-11,17H,4-9,12-14H2,1-3H3,(H,24,27). The smallest absolute Gasteiger partial charge is 0.303 e. The minimum absolute atomic E-state index is 0.0296. The van der Waals surface area contributed by atoms with Crippen LogP contribution in [-0.4, -0.2) is 64.0 Å². The van der Waals surface area contributed by atoms with Gasteiger partial charge in [-0.05, 0) is 64.2 Å². The largest absolute Gasteiger partial charge is 0.379 e. The zero-order chi connectivity index (χ0) is 22.3. The summed E-state index contributed by atoms with van der Waals surface area (Å²) in [7, 11) is -2.65. The summed E-state index contributed by atoms with van der Waals surface area (Å²) in [5.74, 6) is 0.145. The molecule has 3 aliphatic heterocycles. The van der Waals surface area contributed by atoms with E-state index in [-0.39, 0.29) is 17.6 Å². The molecule has 31 heavy (non-hydrogen) atoms. The summed E-state index contributed by atoms with van der Waals surface area (Å²) in [5, 5.41) is 3.16. The number of aromatic nitrogens is 1. The minimum atomic E-state index is -2.65. The van der Waals surface area contributed by atoms with Crippen molar-refractivity contribution in [1.82, 2.24) is 10.3 Å². The van der Waals surface area contributed by atoms with Crippen molar-refractivity contribution < 1.29 is 23.3 Å². The van der Waals surface area contributed by atoms with Crippen LogP contribution in [-0.2, 0) is 24.0 Å². The van der Waals surface area contributed by atoms with Crippen LogP contribution in [0.2, 0.25) is 0 Å². The number of amides is 2. The normalized spacial score (nSPS) is 32.2. The van der Waals surface area contributed by atoms with Gasteiger partial charge in [0.15, 0.2) is 0 Å². The first-order chi connectivity index (χ1) is 14.6. The molecule has 0 aliphatic carbocycles. The van der Waals surface area contributed by atoms with Gasteiger partial charge in [-0.15, -0.1) is 0 Å². The molecule has 4 rings (SSSR count). The molecular formula is C22H31N3O5S. The lowest BCUT2D eigenvalue weighted by molar-refractivity contribution is -0.160. The van der Waals surface area contributed by atoms with E-state index in [9.17, 15) is 13.8 Å². The van der Waals surface area contributed by atoms with Crippen molar-refractivity contribution in [3.8, 4) is 0 Å². The highest BCUT2D eigenvalue weighted by atomic mass is 32.2. The Kier molecular flexibility index (Phi) is 5.95. The van der Waals surface area contributed by atoms with Gasteiger partial charge in [0.05, 0.1) is 34.0 Å². The molecule has 1 aromatic heterocycles. The number of rotatable bonds is 3. The van der Waals surface area contributed by atoms with E-state index in [1.807, 2.05) is 26.8 Å². The van der Waals surface area contributed by atoms with Gasteiger partial charge in [-0.2, -0.15) is 4.36 Å².